The van der Waals surface area contributed by atoms with Crippen LogP contribution in [-0.4, -0.2) is 40.8 Å². The Balaban J connectivity index is 1.85. The van der Waals surface area contributed by atoms with E-state index in [4.69, 9.17) is 0 Å². The average Bonchev–Trinajstić information content (AvgIpc) is 3.03. The third-order valence-electron chi connectivity index (χ3n) is 4.78. The predicted octanol–water partition coefficient (Wildman–Crippen LogP) is 1.99. The SMILES string of the molecule is O=C1NCCCCCN(C(=O)c2ccncc2)[C@H]2CCC[C@@H]12. The van der Waals surface area contributed by atoms with Gasteiger partial charge in [0.1, 0.15) is 0 Å². The molecule has 0 aromatic carbocycles. The Kier molecular flexibility index (Phi) is 4.71. The Morgan fingerprint density at radius 3 is 2.77 bits per heavy atom. The largest absolute Gasteiger partial charge is 0.356 e. The summed E-state index contributed by atoms with van der Waals surface area (Å²) < 4.78 is 0. The third kappa shape index (κ3) is 3.13. The average molecular weight is 301 g/mol. The highest BCUT2D eigenvalue weighted by Gasteiger charge is 2.39. The highest BCUT2D eigenvalue weighted by molar-refractivity contribution is 5.94. The fourth-order valence-electron chi connectivity index (χ4n) is 3.62. The summed E-state index contributed by atoms with van der Waals surface area (Å²) in [5.41, 5.74) is 0.665. The molecule has 118 valence electrons. The number of fused-ring (bicyclic) bond motifs is 1. The number of hydrogen-bond acceptors (Lipinski definition) is 3. The summed E-state index contributed by atoms with van der Waals surface area (Å²) in [6.45, 7) is 1.51. The van der Waals surface area contributed by atoms with Crippen LogP contribution in [0.5, 0.6) is 0 Å². The lowest BCUT2D eigenvalue weighted by molar-refractivity contribution is -0.126. The summed E-state index contributed by atoms with van der Waals surface area (Å²) in [5, 5.41) is 3.04. The topological polar surface area (TPSA) is 62.3 Å². The van der Waals surface area contributed by atoms with Crippen molar-refractivity contribution in [1.29, 1.82) is 0 Å². The van der Waals surface area contributed by atoms with E-state index in [1.165, 1.54) is 0 Å². The minimum atomic E-state index is -0.0520. The van der Waals surface area contributed by atoms with Crippen LogP contribution in [0.3, 0.4) is 0 Å². The first-order valence-corrected chi connectivity index (χ1v) is 8.26. The molecule has 2 amide bonds. The molecule has 22 heavy (non-hydrogen) atoms. The first-order chi connectivity index (χ1) is 10.8. The minimum Gasteiger partial charge on any atom is -0.356 e. The van der Waals surface area contributed by atoms with Gasteiger partial charge in [0.15, 0.2) is 0 Å². The van der Waals surface area contributed by atoms with Gasteiger partial charge in [0, 0.05) is 37.1 Å². The van der Waals surface area contributed by atoms with Gasteiger partial charge in [-0.3, -0.25) is 14.6 Å². The summed E-state index contributed by atoms with van der Waals surface area (Å²) in [6.07, 6.45) is 9.14. The van der Waals surface area contributed by atoms with Crippen molar-refractivity contribution in [3.63, 3.8) is 0 Å². The van der Waals surface area contributed by atoms with Crippen molar-refractivity contribution in [2.45, 2.75) is 44.6 Å². The van der Waals surface area contributed by atoms with Gasteiger partial charge in [-0.2, -0.15) is 0 Å². The van der Waals surface area contributed by atoms with Gasteiger partial charge in [-0.25, -0.2) is 0 Å². The van der Waals surface area contributed by atoms with Gasteiger partial charge in [-0.05, 0) is 44.2 Å². The molecule has 1 aromatic rings. The van der Waals surface area contributed by atoms with Crippen LogP contribution < -0.4 is 5.32 Å². The Morgan fingerprint density at radius 1 is 1.14 bits per heavy atom. The van der Waals surface area contributed by atoms with Crippen LogP contribution in [0.4, 0.5) is 0 Å². The van der Waals surface area contributed by atoms with Crippen molar-refractivity contribution >= 4 is 11.8 Å². The van der Waals surface area contributed by atoms with E-state index in [-0.39, 0.29) is 23.8 Å². The number of hydrogen-bond donors (Lipinski definition) is 1. The summed E-state index contributed by atoms with van der Waals surface area (Å²) in [5.74, 6) is 0.105. The Labute approximate surface area is 131 Å². The van der Waals surface area contributed by atoms with Gasteiger partial charge >= 0.3 is 0 Å². The van der Waals surface area contributed by atoms with Crippen molar-refractivity contribution in [3.8, 4) is 0 Å². The molecule has 2 heterocycles. The molecule has 2 aliphatic rings. The number of carbonyl (C=O) groups excluding carboxylic acids is 2. The molecular weight excluding hydrogens is 278 g/mol. The molecule has 1 saturated heterocycles. The second-order valence-electron chi connectivity index (χ2n) is 6.19. The van der Waals surface area contributed by atoms with E-state index in [1.54, 1.807) is 24.5 Å². The minimum absolute atomic E-state index is 0.0349. The number of nitrogens with zero attached hydrogens (tertiary/aromatic N) is 2. The van der Waals surface area contributed by atoms with Gasteiger partial charge in [-0.15, -0.1) is 0 Å². The van der Waals surface area contributed by atoms with E-state index in [0.717, 1.165) is 51.6 Å². The van der Waals surface area contributed by atoms with E-state index in [1.807, 2.05) is 4.90 Å². The summed E-state index contributed by atoms with van der Waals surface area (Å²) in [6, 6.07) is 3.55. The molecular formula is C17H23N3O2. The fourth-order valence-corrected chi connectivity index (χ4v) is 3.62. The molecule has 0 bridgehead atoms. The first-order valence-electron chi connectivity index (χ1n) is 8.26. The maximum absolute atomic E-state index is 12.9. The molecule has 1 aliphatic carbocycles. The van der Waals surface area contributed by atoms with Crippen molar-refractivity contribution in [2.24, 2.45) is 5.92 Å². The van der Waals surface area contributed by atoms with Crippen LogP contribution in [0.1, 0.15) is 48.9 Å². The van der Waals surface area contributed by atoms with Crippen LogP contribution in [-0.2, 0) is 4.79 Å². The molecule has 1 saturated carbocycles. The summed E-state index contributed by atoms with van der Waals surface area (Å²) in [7, 11) is 0. The Hall–Kier alpha value is -1.91. The maximum atomic E-state index is 12.9. The normalized spacial score (nSPS) is 26.2. The molecule has 0 radical (unpaired) electrons. The molecule has 2 fully saturated rings. The van der Waals surface area contributed by atoms with Crippen molar-refractivity contribution in [3.05, 3.63) is 30.1 Å². The van der Waals surface area contributed by atoms with Crippen molar-refractivity contribution in [1.82, 2.24) is 15.2 Å². The van der Waals surface area contributed by atoms with Gasteiger partial charge < -0.3 is 10.2 Å². The van der Waals surface area contributed by atoms with E-state index < -0.39 is 0 Å². The molecule has 5 heteroatoms. The smallest absolute Gasteiger partial charge is 0.254 e. The molecule has 2 atom stereocenters. The van der Waals surface area contributed by atoms with E-state index in [9.17, 15) is 9.59 Å². The first kappa shape index (κ1) is 15.0. The lowest BCUT2D eigenvalue weighted by Gasteiger charge is -2.33. The highest BCUT2D eigenvalue weighted by Crippen LogP contribution is 2.32. The van der Waals surface area contributed by atoms with Crippen LogP contribution in [0.15, 0.2) is 24.5 Å². The molecule has 1 aliphatic heterocycles. The quantitative estimate of drug-likeness (QED) is 0.863. The van der Waals surface area contributed by atoms with Crippen LogP contribution in [0, 0.1) is 5.92 Å². The zero-order chi connectivity index (χ0) is 15.4. The van der Waals surface area contributed by atoms with Gasteiger partial charge in [0.2, 0.25) is 5.91 Å². The van der Waals surface area contributed by atoms with E-state index in [2.05, 4.69) is 10.3 Å². The number of nitrogens with one attached hydrogen (secondary N) is 1. The maximum Gasteiger partial charge on any atom is 0.254 e. The number of pyridine rings is 1. The lowest BCUT2D eigenvalue weighted by atomic mass is 9.98. The highest BCUT2D eigenvalue weighted by atomic mass is 16.2. The second kappa shape index (κ2) is 6.90. The van der Waals surface area contributed by atoms with Crippen molar-refractivity contribution in [2.75, 3.05) is 13.1 Å². The van der Waals surface area contributed by atoms with E-state index in [0.29, 0.717) is 5.56 Å². The number of rotatable bonds is 1. The standard InChI is InChI=1S/C17H23N3O2/c21-16-14-5-4-6-15(14)20(12-3-1-2-9-19-16)17(22)13-7-10-18-11-8-13/h7-8,10-11,14-15H,1-6,9,12H2,(H,19,21)/t14-,15+/m1/s1. The third-order valence-corrected chi connectivity index (χ3v) is 4.78. The predicted molar refractivity (Wildman–Crippen MR) is 83.3 cm³/mol. The fraction of sp³-hybridized carbons (Fsp3) is 0.588. The van der Waals surface area contributed by atoms with Crippen LogP contribution in [0.2, 0.25) is 0 Å². The molecule has 5 nitrogen and oxygen atoms in total. The lowest BCUT2D eigenvalue weighted by Crippen LogP contribution is -2.48. The van der Waals surface area contributed by atoms with Gasteiger partial charge in [0.25, 0.3) is 5.91 Å². The van der Waals surface area contributed by atoms with Crippen LogP contribution >= 0.6 is 0 Å². The molecule has 0 unspecified atom stereocenters. The molecule has 1 aromatic heterocycles. The number of amides is 2. The van der Waals surface area contributed by atoms with Gasteiger partial charge in [0.05, 0.1) is 5.92 Å². The number of aromatic nitrogens is 1. The number of carbonyl (C=O) groups is 2. The summed E-state index contributed by atoms with van der Waals surface area (Å²) in [4.78, 5) is 31.2. The second-order valence-corrected chi connectivity index (χ2v) is 6.19. The van der Waals surface area contributed by atoms with Crippen molar-refractivity contribution < 1.29 is 9.59 Å². The zero-order valence-corrected chi connectivity index (χ0v) is 12.8. The summed E-state index contributed by atoms with van der Waals surface area (Å²) >= 11 is 0. The molecule has 0 spiro atoms. The monoisotopic (exact) mass is 301 g/mol. The van der Waals surface area contributed by atoms with Crippen LogP contribution in [0.25, 0.3) is 0 Å². The molecule has 1 N–H and O–H groups in total. The Morgan fingerprint density at radius 2 is 1.95 bits per heavy atom. The zero-order valence-electron chi connectivity index (χ0n) is 12.8. The van der Waals surface area contributed by atoms with Gasteiger partial charge in [-0.1, -0.05) is 6.42 Å². The Bertz CT molecular complexity index is 532. The molecule has 3 rings (SSSR count). The van der Waals surface area contributed by atoms with E-state index >= 15 is 0 Å².